The van der Waals surface area contributed by atoms with Crippen molar-refractivity contribution in [1.82, 2.24) is 10.3 Å². The van der Waals surface area contributed by atoms with E-state index >= 15 is 0 Å². The van der Waals surface area contributed by atoms with Gasteiger partial charge in [0.25, 0.3) is 0 Å². The highest BCUT2D eigenvalue weighted by atomic mass is 35.5. The molecule has 1 N–H and O–H groups in total. The molecule has 0 aliphatic carbocycles. The van der Waals surface area contributed by atoms with Crippen LogP contribution in [0.5, 0.6) is 0 Å². The fraction of sp³-hybridized carbons (Fsp3) is 0.214. The van der Waals surface area contributed by atoms with Crippen LogP contribution in [-0.4, -0.2) is 4.98 Å². The van der Waals surface area contributed by atoms with Crippen LogP contribution in [0.15, 0.2) is 42.6 Å². The van der Waals surface area contributed by atoms with E-state index in [0.717, 1.165) is 11.3 Å². The third-order valence-electron chi connectivity index (χ3n) is 2.74. The zero-order chi connectivity index (χ0) is 13.0. The molecule has 1 atom stereocenters. The third kappa shape index (κ3) is 3.45. The number of hydrogen-bond donors (Lipinski definition) is 1. The average molecular weight is 281 g/mol. The van der Waals surface area contributed by atoms with Gasteiger partial charge in [0.15, 0.2) is 0 Å². The van der Waals surface area contributed by atoms with Crippen LogP contribution in [-0.2, 0) is 6.54 Å². The molecule has 0 bridgehead atoms. The van der Waals surface area contributed by atoms with Crippen LogP contribution in [0, 0.1) is 0 Å². The standard InChI is InChI=1S/C14H14Cl2N2/c1-10(13-6-5-11(15)8-14(13)16)18-9-12-4-2-3-7-17-12/h2-8,10,18H,9H2,1H3/t10-/m1/s1. The van der Waals surface area contributed by atoms with E-state index in [1.54, 1.807) is 12.3 Å². The highest BCUT2D eigenvalue weighted by Crippen LogP contribution is 2.26. The molecule has 0 amide bonds. The Kier molecular flexibility index (Phi) is 4.59. The summed E-state index contributed by atoms with van der Waals surface area (Å²) in [6.07, 6.45) is 1.79. The maximum absolute atomic E-state index is 6.17. The van der Waals surface area contributed by atoms with Gasteiger partial charge in [-0.2, -0.15) is 0 Å². The molecular weight excluding hydrogens is 267 g/mol. The van der Waals surface area contributed by atoms with Gasteiger partial charge in [0, 0.05) is 28.8 Å². The van der Waals surface area contributed by atoms with Crippen LogP contribution in [0.1, 0.15) is 24.2 Å². The van der Waals surface area contributed by atoms with Crippen molar-refractivity contribution >= 4 is 23.2 Å². The van der Waals surface area contributed by atoms with Crippen molar-refractivity contribution in [2.75, 3.05) is 0 Å². The Bertz CT molecular complexity index is 514. The van der Waals surface area contributed by atoms with Crippen molar-refractivity contribution in [3.8, 4) is 0 Å². The van der Waals surface area contributed by atoms with Gasteiger partial charge in [-0.1, -0.05) is 35.3 Å². The van der Waals surface area contributed by atoms with Crippen LogP contribution in [0.4, 0.5) is 0 Å². The molecule has 0 spiro atoms. The second-order valence-corrected chi connectivity index (χ2v) is 4.93. The van der Waals surface area contributed by atoms with Gasteiger partial charge in [-0.05, 0) is 36.8 Å². The van der Waals surface area contributed by atoms with Crippen molar-refractivity contribution < 1.29 is 0 Å². The van der Waals surface area contributed by atoms with Crippen molar-refractivity contribution in [2.45, 2.75) is 19.5 Å². The first-order valence-corrected chi connectivity index (χ1v) is 6.50. The predicted octanol–water partition coefficient (Wildman–Crippen LogP) is 4.24. The molecule has 1 heterocycles. The summed E-state index contributed by atoms with van der Waals surface area (Å²) in [5, 5.41) is 4.72. The first kappa shape index (κ1) is 13.3. The molecule has 0 aliphatic rings. The lowest BCUT2D eigenvalue weighted by molar-refractivity contribution is 0.568. The van der Waals surface area contributed by atoms with Crippen LogP contribution in [0.3, 0.4) is 0 Å². The Balaban J connectivity index is 2.01. The number of pyridine rings is 1. The molecule has 2 nitrogen and oxygen atoms in total. The Morgan fingerprint density at radius 2 is 2.06 bits per heavy atom. The maximum atomic E-state index is 6.17. The van der Waals surface area contributed by atoms with Crippen molar-refractivity contribution in [1.29, 1.82) is 0 Å². The van der Waals surface area contributed by atoms with Crippen LogP contribution in [0.2, 0.25) is 10.0 Å². The third-order valence-corrected chi connectivity index (χ3v) is 3.31. The quantitative estimate of drug-likeness (QED) is 0.906. The van der Waals surface area contributed by atoms with Gasteiger partial charge in [-0.3, -0.25) is 4.98 Å². The summed E-state index contributed by atoms with van der Waals surface area (Å²) in [6, 6.07) is 11.6. The Hall–Kier alpha value is -1.09. The summed E-state index contributed by atoms with van der Waals surface area (Å²) in [6.45, 7) is 2.78. The second kappa shape index (κ2) is 6.19. The zero-order valence-electron chi connectivity index (χ0n) is 10.0. The van der Waals surface area contributed by atoms with Crippen molar-refractivity contribution in [2.24, 2.45) is 0 Å². The van der Waals surface area contributed by atoms with Gasteiger partial charge in [-0.25, -0.2) is 0 Å². The van der Waals surface area contributed by atoms with E-state index in [1.165, 1.54) is 0 Å². The minimum Gasteiger partial charge on any atom is -0.305 e. The summed E-state index contributed by atoms with van der Waals surface area (Å²) in [5.41, 5.74) is 2.05. The van der Waals surface area contributed by atoms with Crippen LogP contribution >= 0.6 is 23.2 Å². The fourth-order valence-electron chi connectivity index (χ4n) is 1.72. The van der Waals surface area contributed by atoms with Gasteiger partial charge in [-0.15, -0.1) is 0 Å². The summed E-state index contributed by atoms with van der Waals surface area (Å²) in [7, 11) is 0. The number of nitrogens with zero attached hydrogens (tertiary/aromatic N) is 1. The highest BCUT2D eigenvalue weighted by molar-refractivity contribution is 6.35. The Labute approximate surface area is 117 Å². The lowest BCUT2D eigenvalue weighted by Gasteiger charge is -2.15. The molecule has 2 aromatic rings. The maximum Gasteiger partial charge on any atom is 0.0541 e. The average Bonchev–Trinajstić information content (AvgIpc) is 2.37. The van der Waals surface area contributed by atoms with Gasteiger partial charge >= 0.3 is 0 Å². The first-order valence-electron chi connectivity index (χ1n) is 5.75. The molecule has 0 saturated heterocycles. The van der Waals surface area contributed by atoms with Gasteiger partial charge in [0.2, 0.25) is 0 Å². The van der Waals surface area contributed by atoms with Crippen molar-refractivity contribution in [3.05, 3.63) is 63.9 Å². The molecule has 0 saturated carbocycles. The number of aromatic nitrogens is 1. The summed E-state index contributed by atoms with van der Waals surface area (Å²) in [4.78, 5) is 4.26. The van der Waals surface area contributed by atoms with Gasteiger partial charge in [0.1, 0.15) is 0 Å². The van der Waals surface area contributed by atoms with E-state index in [9.17, 15) is 0 Å². The van der Waals surface area contributed by atoms with Crippen LogP contribution < -0.4 is 5.32 Å². The largest absolute Gasteiger partial charge is 0.305 e. The summed E-state index contributed by atoms with van der Waals surface area (Å²) in [5.74, 6) is 0. The number of halogens is 2. The zero-order valence-corrected chi connectivity index (χ0v) is 11.5. The second-order valence-electron chi connectivity index (χ2n) is 4.09. The number of nitrogens with one attached hydrogen (secondary N) is 1. The van der Waals surface area contributed by atoms with Crippen molar-refractivity contribution in [3.63, 3.8) is 0 Å². The highest BCUT2D eigenvalue weighted by Gasteiger charge is 2.09. The minimum atomic E-state index is 0.150. The van der Waals surface area contributed by atoms with E-state index in [2.05, 4.69) is 17.2 Å². The minimum absolute atomic E-state index is 0.150. The van der Waals surface area contributed by atoms with Gasteiger partial charge < -0.3 is 5.32 Å². The van der Waals surface area contributed by atoms with Gasteiger partial charge in [0.05, 0.1) is 5.69 Å². The molecule has 0 unspecified atom stereocenters. The molecule has 0 aliphatic heterocycles. The fourth-order valence-corrected chi connectivity index (χ4v) is 2.30. The molecule has 1 aromatic carbocycles. The van der Waals surface area contributed by atoms with E-state index < -0.39 is 0 Å². The summed E-state index contributed by atoms with van der Waals surface area (Å²) < 4.78 is 0. The molecule has 2 rings (SSSR count). The predicted molar refractivity (Wildman–Crippen MR) is 76.0 cm³/mol. The normalized spacial score (nSPS) is 12.4. The lowest BCUT2D eigenvalue weighted by atomic mass is 10.1. The van der Waals surface area contributed by atoms with E-state index in [0.29, 0.717) is 16.6 Å². The number of benzene rings is 1. The first-order chi connectivity index (χ1) is 8.66. The number of rotatable bonds is 4. The molecule has 0 fully saturated rings. The molecular formula is C14H14Cl2N2. The molecule has 0 radical (unpaired) electrons. The lowest BCUT2D eigenvalue weighted by Crippen LogP contribution is -2.19. The smallest absolute Gasteiger partial charge is 0.0541 e. The van der Waals surface area contributed by atoms with E-state index in [1.807, 2.05) is 30.3 Å². The molecule has 18 heavy (non-hydrogen) atoms. The molecule has 4 heteroatoms. The monoisotopic (exact) mass is 280 g/mol. The Morgan fingerprint density at radius 1 is 1.22 bits per heavy atom. The summed E-state index contributed by atoms with van der Waals surface area (Å²) >= 11 is 12.0. The van der Waals surface area contributed by atoms with Crippen LogP contribution in [0.25, 0.3) is 0 Å². The molecule has 1 aromatic heterocycles. The Morgan fingerprint density at radius 3 is 2.72 bits per heavy atom. The topological polar surface area (TPSA) is 24.9 Å². The van der Waals surface area contributed by atoms with E-state index in [4.69, 9.17) is 23.2 Å². The van der Waals surface area contributed by atoms with E-state index in [-0.39, 0.29) is 6.04 Å². The molecule has 94 valence electrons. The SMILES string of the molecule is C[C@@H](NCc1ccccn1)c1ccc(Cl)cc1Cl. The number of hydrogen-bond acceptors (Lipinski definition) is 2.